The van der Waals surface area contributed by atoms with Crippen molar-refractivity contribution in [1.82, 2.24) is 5.32 Å². The van der Waals surface area contributed by atoms with Crippen molar-refractivity contribution in [2.45, 2.75) is 19.4 Å². The number of nitrogens with one attached hydrogen (secondary N) is 1. The molecule has 0 aliphatic rings. The van der Waals surface area contributed by atoms with E-state index in [0.29, 0.717) is 5.56 Å². The van der Waals surface area contributed by atoms with Crippen LogP contribution in [0.15, 0.2) is 65.3 Å². The van der Waals surface area contributed by atoms with E-state index >= 15 is 0 Å². The van der Waals surface area contributed by atoms with E-state index in [2.05, 4.69) is 5.32 Å². The first-order chi connectivity index (χ1) is 12.0. The van der Waals surface area contributed by atoms with Gasteiger partial charge in [0.25, 0.3) is 5.91 Å². The molecule has 0 unspecified atom stereocenters. The predicted molar refractivity (Wildman–Crippen MR) is 94.1 cm³/mol. The van der Waals surface area contributed by atoms with Gasteiger partial charge < -0.3 is 14.5 Å². The van der Waals surface area contributed by atoms with Gasteiger partial charge in [-0.1, -0.05) is 36.4 Å². The van der Waals surface area contributed by atoms with Crippen LogP contribution >= 0.6 is 0 Å². The maximum absolute atomic E-state index is 12.6. The second kappa shape index (κ2) is 6.81. The Labute approximate surface area is 145 Å². The van der Waals surface area contributed by atoms with E-state index in [9.17, 15) is 9.59 Å². The van der Waals surface area contributed by atoms with Crippen molar-refractivity contribution in [2.24, 2.45) is 0 Å². The standard InChI is InChI=1S/C20H19NO4/c1-3-24-19(23)20(2,21-18(22)17-9-6-12-25-17)16-11-10-14-7-4-5-8-15(14)13-16/h4-13H,3H2,1-2H3,(H,21,22)/t20-/m1/s1. The lowest BCUT2D eigenvalue weighted by Gasteiger charge is -2.29. The van der Waals surface area contributed by atoms with Gasteiger partial charge in [0.05, 0.1) is 12.9 Å². The molecule has 128 valence electrons. The summed E-state index contributed by atoms with van der Waals surface area (Å²) in [5, 5.41) is 4.78. The average molecular weight is 337 g/mol. The third-order valence-electron chi connectivity index (χ3n) is 4.12. The molecule has 5 nitrogen and oxygen atoms in total. The number of carbonyl (C=O) groups is 2. The number of fused-ring (bicyclic) bond motifs is 1. The molecule has 1 atom stereocenters. The van der Waals surface area contributed by atoms with Crippen molar-refractivity contribution >= 4 is 22.6 Å². The zero-order valence-electron chi connectivity index (χ0n) is 14.1. The first-order valence-electron chi connectivity index (χ1n) is 8.07. The molecule has 0 radical (unpaired) electrons. The minimum Gasteiger partial charge on any atom is -0.464 e. The smallest absolute Gasteiger partial charge is 0.336 e. The number of furan rings is 1. The Morgan fingerprint density at radius 1 is 1.08 bits per heavy atom. The molecule has 0 saturated heterocycles. The lowest BCUT2D eigenvalue weighted by Crippen LogP contribution is -2.50. The van der Waals surface area contributed by atoms with E-state index in [1.54, 1.807) is 26.0 Å². The molecule has 3 rings (SSSR count). The lowest BCUT2D eigenvalue weighted by atomic mass is 9.90. The number of ether oxygens (including phenoxy) is 1. The predicted octanol–water partition coefficient (Wildman–Crippen LogP) is 3.64. The molecule has 1 N–H and O–H groups in total. The van der Waals surface area contributed by atoms with Crippen molar-refractivity contribution in [1.29, 1.82) is 0 Å². The molecule has 25 heavy (non-hydrogen) atoms. The molecular weight excluding hydrogens is 318 g/mol. The molecule has 0 saturated carbocycles. The summed E-state index contributed by atoms with van der Waals surface area (Å²) in [4.78, 5) is 25.1. The summed E-state index contributed by atoms with van der Waals surface area (Å²) in [5.41, 5.74) is -0.686. The second-order valence-corrected chi connectivity index (χ2v) is 5.84. The fourth-order valence-corrected chi connectivity index (χ4v) is 2.71. The number of benzene rings is 2. The molecule has 0 fully saturated rings. The third kappa shape index (κ3) is 3.26. The molecule has 5 heteroatoms. The number of amides is 1. The van der Waals surface area contributed by atoms with Crippen molar-refractivity contribution < 1.29 is 18.7 Å². The lowest BCUT2D eigenvalue weighted by molar-refractivity contribution is -0.150. The van der Waals surface area contributed by atoms with Gasteiger partial charge >= 0.3 is 5.97 Å². The molecule has 1 amide bonds. The van der Waals surface area contributed by atoms with Gasteiger partial charge in [-0.3, -0.25) is 4.79 Å². The third-order valence-corrected chi connectivity index (χ3v) is 4.12. The summed E-state index contributed by atoms with van der Waals surface area (Å²) in [6, 6.07) is 16.6. The number of hydrogen-bond acceptors (Lipinski definition) is 4. The highest BCUT2D eigenvalue weighted by atomic mass is 16.5. The van der Waals surface area contributed by atoms with Crippen molar-refractivity contribution in [3.8, 4) is 0 Å². The monoisotopic (exact) mass is 337 g/mol. The van der Waals surface area contributed by atoms with Gasteiger partial charge in [0.15, 0.2) is 11.3 Å². The van der Waals surface area contributed by atoms with Crippen LogP contribution in [-0.2, 0) is 15.1 Å². The zero-order valence-corrected chi connectivity index (χ0v) is 14.1. The quantitative estimate of drug-likeness (QED) is 0.722. The van der Waals surface area contributed by atoms with Crippen molar-refractivity contribution in [2.75, 3.05) is 6.61 Å². The average Bonchev–Trinajstić information content (AvgIpc) is 3.16. The minimum atomic E-state index is -1.33. The van der Waals surface area contributed by atoms with Crippen LogP contribution in [0.4, 0.5) is 0 Å². The van der Waals surface area contributed by atoms with E-state index in [1.165, 1.54) is 6.26 Å². The number of esters is 1. The molecule has 1 heterocycles. The maximum atomic E-state index is 12.6. The zero-order chi connectivity index (χ0) is 17.9. The Hall–Kier alpha value is -3.08. The Balaban J connectivity index is 2.03. The molecule has 3 aromatic rings. The summed E-state index contributed by atoms with van der Waals surface area (Å²) in [5.74, 6) is -0.866. The second-order valence-electron chi connectivity index (χ2n) is 5.84. The fourth-order valence-electron chi connectivity index (χ4n) is 2.71. The van der Waals surface area contributed by atoms with Gasteiger partial charge in [0, 0.05) is 0 Å². The van der Waals surface area contributed by atoms with Crippen LogP contribution in [0, 0.1) is 0 Å². The number of carbonyl (C=O) groups excluding carboxylic acids is 2. The molecule has 0 aliphatic heterocycles. The van der Waals surface area contributed by atoms with Gasteiger partial charge in [-0.15, -0.1) is 0 Å². The van der Waals surface area contributed by atoms with Crippen LogP contribution in [0.25, 0.3) is 10.8 Å². The van der Waals surface area contributed by atoms with Gasteiger partial charge in [0.1, 0.15) is 0 Å². The Kier molecular flexibility index (Phi) is 4.57. The SMILES string of the molecule is CCOC(=O)[C@](C)(NC(=O)c1ccco1)c1ccc2ccccc2c1. The largest absolute Gasteiger partial charge is 0.464 e. The summed E-state index contributed by atoms with van der Waals surface area (Å²) in [6.45, 7) is 3.58. The number of rotatable bonds is 5. The van der Waals surface area contributed by atoms with Crippen LogP contribution < -0.4 is 5.32 Å². The summed E-state index contributed by atoms with van der Waals surface area (Å²) in [6.07, 6.45) is 1.41. The molecule has 0 spiro atoms. The summed E-state index contributed by atoms with van der Waals surface area (Å²) < 4.78 is 10.3. The van der Waals surface area contributed by atoms with E-state index in [4.69, 9.17) is 9.15 Å². The van der Waals surface area contributed by atoms with Gasteiger partial charge in [-0.25, -0.2) is 4.79 Å². The normalized spacial score (nSPS) is 13.2. The van der Waals surface area contributed by atoms with Crippen molar-refractivity contribution in [3.05, 3.63) is 72.2 Å². The van der Waals surface area contributed by atoms with Crippen LogP contribution in [0.1, 0.15) is 30.0 Å². The molecular formula is C20H19NO4. The highest BCUT2D eigenvalue weighted by Crippen LogP contribution is 2.27. The summed E-state index contributed by atoms with van der Waals surface area (Å²) in [7, 11) is 0. The van der Waals surface area contributed by atoms with Gasteiger partial charge in [-0.2, -0.15) is 0 Å². The topological polar surface area (TPSA) is 68.5 Å². The summed E-state index contributed by atoms with van der Waals surface area (Å²) >= 11 is 0. The molecule has 2 aromatic carbocycles. The highest BCUT2D eigenvalue weighted by Gasteiger charge is 2.39. The van der Waals surface area contributed by atoms with Crippen LogP contribution in [-0.4, -0.2) is 18.5 Å². The van der Waals surface area contributed by atoms with Crippen LogP contribution in [0.2, 0.25) is 0 Å². The minimum absolute atomic E-state index is 0.135. The first kappa shape index (κ1) is 16.8. The molecule has 1 aromatic heterocycles. The molecule has 0 bridgehead atoms. The fraction of sp³-hybridized carbons (Fsp3) is 0.200. The maximum Gasteiger partial charge on any atom is 0.336 e. The van der Waals surface area contributed by atoms with Gasteiger partial charge in [0.2, 0.25) is 0 Å². The van der Waals surface area contributed by atoms with E-state index in [-0.39, 0.29) is 12.4 Å². The highest BCUT2D eigenvalue weighted by molar-refractivity contribution is 5.97. The molecule has 0 aliphatic carbocycles. The Morgan fingerprint density at radius 2 is 1.84 bits per heavy atom. The van der Waals surface area contributed by atoms with E-state index in [1.807, 2.05) is 42.5 Å². The van der Waals surface area contributed by atoms with Crippen molar-refractivity contribution in [3.63, 3.8) is 0 Å². The first-order valence-corrected chi connectivity index (χ1v) is 8.07. The Morgan fingerprint density at radius 3 is 2.52 bits per heavy atom. The van der Waals surface area contributed by atoms with Crippen LogP contribution in [0.5, 0.6) is 0 Å². The van der Waals surface area contributed by atoms with Crippen LogP contribution in [0.3, 0.4) is 0 Å². The number of hydrogen-bond donors (Lipinski definition) is 1. The van der Waals surface area contributed by atoms with E-state index < -0.39 is 17.4 Å². The Bertz CT molecular complexity index is 901. The van der Waals surface area contributed by atoms with Gasteiger partial charge in [-0.05, 0) is 48.4 Å². The van der Waals surface area contributed by atoms with E-state index in [0.717, 1.165) is 10.8 Å².